The second-order valence-electron chi connectivity index (χ2n) is 8.29. The topological polar surface area (TPSA) is 0 Å². The van der Waals surface area contributed by atoms with Gasteiger partial charge in [-0.05, 0) is 30.3 Å². The van der Waals surface area contributed by atoms with Gasteiger partial charge in [0.2, 0.25) is 0 Å². The molecule has 0 fully saturated rings. The van der Waals surface area contributed by atoms with Crippen molar-refractivity contribution in [2.24, 2.45) is 5.92 Å². The van der Waals surface area contributed by atoms with Crippen molar-refractivity contribution < 1.29 is 0 Å². The maximum atomic E-state index is 4.20. The molecule has 0 nitrogen and oxygen atoms in total. The van der Waals surface area contributed by atoms with E-state index >= 15 is 0 Å². The number of hydrogen-bond donors (Lipinski definition) is 2. The van der Waals surface area contributed by atoms with Crippen molar-refractivity contribution in [1.29, 1.82) is 0 Å². The van der Waals surface area contributed by atoms with E-state index in [1.54, 1.807) is 0 Å². The molecular weight excluding hydrogens is 352 g/mol. The number of rotatable bonds is 19. The average Bonchev–Trinajstić information content (AvgIpc) is 2.63. The molecule has 0 aliphatic rings. The molecule has 0 spiro atoms. The molecule has 0 saturated carbocycles. The van der Waals surface area contributed by atoms with Gasteiger partial charge in [-0.25, -0.2) is 0 Å². The molecule has 26 heavy (non-hydrogen) atoms. The van der Waals surface area contributed by atoms with Crippen molar-refractivity contribution in [2.45, 2.75) is 136 Å². The van der Waals surface area contributed by atoms with Crippen LogP contribution in [0, 0.1) is 5.92 Å². The van der Waals surface area contributed by atoms with Crippen LogP contribution in [0.3, 0.4) is 0 Å². The van der Waals surface area contributed by atoms with Crippen LogP contribution in [0.4, 0.5) is 0 Å². The molecule has 160 valence electrons. The molecule has 0 aliphatic heterocycles. The van der Waals surface area contributed by atoms with E-state index in [-0.39, 0.29) is 0 Å². The van der Waals surface area contributed by atoms with Gasteiger partial charge in [0.15, 0.2) is 0 Å². The summed E-state index contributed by atoms with van der Waals surface area (Å²) in [4.78, 5) is 0. The minimum atomic E-state index is 0.893. The van der Waals surface area contributed by atoms with E-state index in [4.69, 9.17) is 0 Å². The Labute approximate surface area is 178 Å². The fourth-order valence-electron chi connectivity index (χ4n) is 3.15. The predicted molar refractivity (Wildman–Crippen MR) is 131 cm³/mol. The SMILES string of the molecule is CC(C)CCCCCCCCCS.CCCCCCCCCCCCS. The maximum Gasteiger partial charge on any atom is -0.00979 e. The lowest BCUT2D eigenvalue weighted by molar-refractivity contribution is 0.511. The maximum absolute atomic E-state index is 4.20. The monoisotopic (exact) mass is 404 g/mol. The third-order valence-electron chi connectivity index (χ3n) is 4.95. The van der Waals surface area contributed by atoms with E-state index in [2.05, 4.69) is 46.0 Å². The zero-order chi connectivity index (χ0) is 19.7. The molecule has 0 rings (SSSR count). The second kappa shape index (κ2) is 27.9. The third-order valence-corrected chi connectivity index (χ3v) is 5.58. The molecule has 0 atom stereocenters. The van der Waals surface area contributed by atoms with Crippen molar-refractivity contribution in [3.63, 3.8) is 0 Å². The molecule has 0 saturated heterocycles. The molecule has 0 unspecified atom stereocenters. The van der Waals surface area contributed by atoms with Gasteiger partial charge >= 0.3 is 0 Å². The smallest absolute Gasteiger partial charge is 0.00979 e. The first-order valence-electron chi connectivity index (χ1n) is 11.9. The third kappa shape index (κ3) is 32.4. The Balaban J connectivity index is 0. The summed E-state index contributed by atoms with van der Waals surface area (Å²) < 4.78 is 0. The largest absolute Gasteiger partial charge is 0.179 e. The van der Waals surface area contributed by atoms with E-state index in [0.29, 0.717) is 0 Å². The van der Waals surface area contributed by atoms with Gasteiger partial charge in [0.1, 0.15) is 0 Å². The summed E-state index contributed by atoms with van der Waals surface area (Å²) in [6.45, 7) is 6.90. The normalized spacial score (nSPS) is 10.8. The Bertz CT molecular complexity index is 206. The molecule has 0 N–H and O–H groups in total. The first kappa shape index (κ1) is 28.9. The molecule has 2 heteroatoms. The molecule has 0 bridgehead atoms. The van der Waals surface area contributed by atoms with E-state index in [1.165, 1.54) is 116 Å². The van der Waals surface area contributed by atoms with Gasteiger partial charge in [-0.1, -0.05) is 124 Å². The Kier molecular flexibility index (Phi) is 31.0. The Hall–Kier alpha value is 0.700. The summed E-state index contributed by atoms with van der Waals surface area (Å²) in [5.74, 6) is 3.02. The average molecular weight is 405 g/mol. The summed E-state index contributed by atoms with van der Waals surface area (Å²) in [7, 11) is 0. The quantitative estimate of drug-likeness (QED) is 0.155. The summed E-state index contributed by atoms with van der Waals surface area (Å²) in [5, 5.41) is 0. The Morgan fingerprint density at radius 3 is 1.08 bits per heavy atom. The van der Waals surface area contributed by atoms with Crippen LogP contribution in [0.2, 0.25) is 0 Å². The number of thiol groups is 2. The number of unbranched alkanes of at least 4 members (excludes halogenated alkanes) is 15. The lowest BCUT2D eigenvalue weighted by atomic mass is 10.0. The summed E-state index contributed by atoms with van der Waals surface area (Å²) in [6, 6.07) is 0. The van der Waals surface area contributed by atoms with Gasteiger partial charge in [0.25, 0.3) is 0 Å². The zero-order valence-electron chi connectivity index (χ0n) is 18.6. The van der Waals surface area contributed by atoms with Crippen LogP contribution in [0.5, 0.6) is 0 Å². The highest BCUT2D eigenvalue weighted by Crippen LogP contribution is 2.12. The zero-order valence-corrected chi connectivity index (χ0v) is 20.4. The van der Waals surface area contributed by atoms with Crippen LogP contribution < -0.4 is 0 Å². The lowest BCUT2D eigenvalue weighted by Gasteiger charge is -2.03. The van der Waals surface area contributed by atoms with E-state index in [1.807, 2.05) is 0 Å². The van der Waals surface area contributed by atoms with Crippen LogP contribution in [0.1, 0.15) is 136 Å². The molecule has 0 aromatic carbocycles. The van der Waals surface area contributed by atoms with Gasteiger partial charge in [-0.3, -0.25) is 0 Å². The molecule has 0 aromatic rings. The van der Waals surface area contributed by atoms with Gasteiger partial charge in [-0.15, -0.1) is 0 Å². The highest BCUT2D eigenvalue weighted by molar-refractivity contribution is 7.80. The summed E-state index contributed by atoms with van der Waals surface area (Å²) in [6.07, 6.45) is 25.5. The van der Waals surface area contributed by atoms with Crippen molar-refractivity contribution in [3.8, 4) is 0 Å². The molecule has 0 radical (unpaired) electrons. The minimum absolute atomic E-state index is 0.893. The van der Waals surface area contributed by atoms with Crippen molar-refractivity contribution in [1.82, 2.24) is 0 Å². The summed E-state index contributed by atoms with van der Waals surface area (Å²) in [5.41, 5.74) is 0. The van der Waals surface area contributed by atoms with Gasteiger partial charge in [0.05, 0.1) is 0 Å². The highest BCUT2D eigenvalue weighted by atomic mass is 32.1. The molecule has 0 aliphatic carbocycles. The fraction of sp³-hybridized carbons (Fsp3) is 1.00. The Morgan fingerprint density at radius 2 is 0.769 bits per heavy atom. The van der Waals surface area contributed by atoms with Gasteiger partial charge < -0.3 is 0 Å². The fourth-order valence-corrected chi connectivity index (χ4v) is 3.59. The lowest BCUT2D eigenvalue weighted by Crippen LogP contribution is -1.87. The van der Waals surface area contributed by atoms with E-state index in [9.17, 15) is 0 Å². The highest BCUT2D eigenvalue weighted by Gasteiger charge is 1.94. The first-order valence-corrected chi connectivity index (χ1v) is 13.2. The molecule has 0 aromatic heterocycles. The van der Waals surface area contributed by atoms with Crippen molar-refractivity contribution in [2.75, 3.05) is 11.5 Å². The number of hydrogen-bond acceptors (Lipinski definition) is 2. The predicted octanol–water partition coefficient (Wildman–Crippen LogP) is 9.53. The van der Waals surface area contributed by atoms with Crippen LogP contribution in [-0.2, 0) is 0 Å². The second-order valence-corrected chi connectivity index (χ2v) is 9.18. The molecule has 0 amide bonds. The first-order chi connectivity index (χ1) is 12.7. The Morgan fingerprint density at radius 1 is 0.462 bits per heavy atom. The van der Waals surface area contributed by atoms with E-state index in [0.717, 1.165) is 17.4 Å². The molecule has 0 heterocycles. The van der Waals surface area contributed by atoms with Gasteiger partial charge in [-0.2, -0.15) is 25.3 Å². The van der Waals surface area contributed by atoms with Crippen LogP contribution in [0.15, 0.2) is 0 Å². The van der Waals surface area contributed by atoms with Crippen LogP contribution in [-0.4, -0.2) is 11.5 Å². The minimum Gasteiger partial charge on any atom is -0.179 e. The molecular formula is C24H52S2. The van der Waals surface area contributed by atoms with Crippen LogP contribution >= 0.6 is 25.3 Å². The van der Waals surface area contributed by atoms with E-state index < -0.39 is 0 Å². The van der Waals surface area contributed by atoms with Crippen molar-refractivity contribution in [3.05, 3.63) is 0 Å². The van der Waals surface area contributed by atoms with Crippen LogP contribution in [0.25, 0.3) is 0 Å². The van der Waals surface area contributed by atoms with Gasteiger partial charge in [0, 0.05) is 0 Å². The standard InChI is InChI=1S/2C12H26S/c1-12(2)10-8-6-4-3-5-7-9-11-13;1-2-3-4-5-6-7-8-9-10-11-12-13/h12-13H,3-11H2,1-2H3;13H,2-12H2,1H3. The van der Waals surface area contributed by atoms with Crippen molar-refractivity contribution >= 4 is 25.3 Å². The summed E-state index contributed by atoms with van der Waals surface area (Å²) >= 11 is 8.40.